The fourth-order valence-electron chi connectivity index (χ4n) is 2.06. The second-order valence-corrected chi connectivity index (χ2v) is 4.37. The molecule has 0 aliphatic carbocycles. The molecule has 7 nitrogen and oxygen atoms in total. The summed E-state index contributed by atoms with van der Waals surface area (Å²) in [6.45, 7) is 1.43. The van der Waals surface area contributed by atoms with Crippen molar-refractivity contribution in [2.24, 2.45) is 0 Å². The van der Waals surface area contributed by atoms with E-state index < -0.39 is 29.7 Å². The monoisotopic (exact) mass is 268 g/mol. The van der Waals surface area contributed by atoms with E-state index in [-0.39, 0.29) is 13.0 Å². The second kappa shape index (κ2) is 5.52. The molecule has 0 bridgehead atoms. The molecule has 1 fully saturated rings. The largest absolute Gasteiger partial charge is 0.394 e. The van der Waals surface area contributed by atoms with Gasteiger partial charge in [-0.05, 0) is 6.92 Å². The summed E-state index contributed by atoms with van der Waals surface area (Å²) in [7, 11) is 0. The second-order valence-electron chi connectivity index (χ2n) is 4.37. The highest BCUT2D eigenvalue weighted by molar-refractivity contribution is 5.45. The summed E-state index contributed by atoms with van der Waals surface area (Å²) < 4.78 is 6.60. The first-order valence-electron chi connectivity index (χ1n) is 5.99. The maximum atomic E-state index is 11.7. The molecule has 104 valence electrons. The lowest BCUT2D eigenvalue weighted by atomic mass is 10.2. The van der Waals surface area contributed by atoms with Crippen molar-refractivity contribution in [2.75, 3.05) is 6.61 Å². The van der Waals surface area contributed by atoms with E-state index in [1.165, 1.54) is 10.8 Å². The van der Waals surface area contributed by atoms with Crippen LogP contribution in [0.25, 0.3) is 6.08 Å². The molecule has 0 amide bonds. The van der Waals surface area contributed by atoms with Crippen molar-refractivity contribution in [1.29, 1.82) is 0 Å². The zero-order chi connectivity index (χ0) is 14.0. The van der Waals surface area contributed by atoms with E-state index >= 15 is 0 Å². The topological polar surface area (TPSA) is 105 Å². The molecule has 1 aromatic heterocycles. The smallest absolute Gasteiger partial charge is 0.330 e. The average molecular weight is 268 g/mol. The first-order chi connectivity index (χ1) is 9.06. The van der Waals surface area contributed by atoms with Crippen LogP contribution in [-0.4, -0.2) is 38.6 Å². The summed E-state index contributed by atoms with van der Waals surface area (Å²) in [6.07, 6.45) is 2.59. The number of nitrogens with one attached hydrogen (secondary N) is 1. The quantitative estimate of drug-likeness (QED) is 0.666. The minimum absolute atomic E-state index is 0.187. The fraction of sp³-hybridized carbons (Fsp3) is 0.500. The van der Waals surface area contributed by atoms with Crippen LogP contribution in [0.5, 0.6) is 0 Å². The summed E-state index contributed by atoms with van der Waals surface area (Å²) in [4.78, 5) is 25.5. The molecule has 0 aromatic carbocycles. The van der Waals surface area contributed by atoms with E-state index in [9.17, 15) is 14.7 Å². The summed E-state index contributed by atoms with van der Waals surface area (Å²) in [5.41, 5.74) is -0.752. The van der Waals surface area contributed by atoms with Crippen LogP contribution >= 0.6 is 0 Å². The van der Waals surface area contributed by atoms with Crippen molar-refractivity contribution in [1.82, 2.24) is 9.55 Å². The van der Waals surface area contributed by atoms with Gasteiger partial charge in [-0.15, -0.1) is 0 Å². The first kappa shape index (κ1) is 13.7. The van der Waals surface area contributed by atoms with E-state index in [0.717, 1.165) is 0 Å². The van der Waals surface area contributed by atoms with Gasteiger partial charge in [-0.25, -0.2) is 4.79 Å². The molecule has 3 atom stereocenters. The molecule has 1 aliphatic rings. The normalized spacial score (nSPS) is 27.2. The van der Waals surface area contributed by atoms with Crippen LogP contribution < -0.4 is 11.2 Å². The number of allylic oxidation sites excluding steroid dienone is 1. The van der Waals surface area contributed by atoms with Crippen molar-refractivity contribution in [3.8, 4) is 0 Å². The van der Waals surface area contributed by atoms with Gasteiger partial charge in [0.25, 0.3) is 5.56 Å². The number of aliphatic hydroxyl groups is 2. The molecule has 1 saturated heterocycles. The Labute approximate surface area is 108 Å². The van der Waals surface area contributed by atoms with Gasteiger partial charge in [-0.1, -0.05) is 12.2 Å². The van der Waals surface area contributed by atoms with Crippen LogP contribution in [0, 0.1) is 0 Å². The summed E-state index contributed by atoms with van der Waals surface area (Å²) in [5.74, 6) is 0. The third-order valence-corrected chi connectivity index (χ3v) is 3.04. The van der Waals surface area contributed by atoms with Gasteiger partial charge in [0.1, 0.15) is 12.3 Å². The van der Waals surface area contributed by atoms with Crippen LogP contribution in [0.3, 0.4) is 0 Å². The van der Waals surface area contributed by atoms with Gasteiger partial charge >= 0.3 is 5.69 Å². The summed E-state index contributed by atoms with van der Waals surface area (Å²) in [5, 5.41) is 18.7. The number of ether oxygens (including phenoxy) is 1. The highest BCUT2D eigenvalue weighted by Crippen LogP contribution is 2.27. The molecular weight excluding hydrogens is 252 g/mol. The van der Waals surface area contributed by atoms with Gasteiger partial charge < -0.3 is 14.9 Å². The predicted molar refractivity (Wildman–Crippen MR) is 67.7 cm³/mol. The molecule has 1 aliphatic heterocycles. The molecule has 0 unspecified atom stereocenters. The highest BCUT2D eigenvalue weighted by Gasteiger charge is 2.35. The van der Waals surface area contributed by atoms with Gasteiger partial charge in [0.05, 0.1) is 18.3 Å². The Morgan fingerprint density at radius 2 is 2.32 bits per heavy atom. The van der Waals surface area contributed by atoms with Gasteiger partial charge in [-0.2, -0.15) is 0 Å². The van der Waals surface area contributed by atoms with E-state index in [1.807, 2.05) is 0 Å². The van der Waals surface area contributed by atoms with Crippen LogP contribution in [0.1, 0.15) is 25.1 Å². The molecule has 7 heteroatoms. The third-order valence-electron chi connectivity index (χ3n) is 3.04. The highest BCUT2D eigenvalue weighted by atomic mass is 16.5. The number of aliphatic hydroxyl groups excluding tert-OH is 2. The number of aromatic amines is 1. The van der Waals surface area contributed by atoms with E-state index in [2.05, 4.69) is 4.98 Å². The molecule has 3 N–H and O–H groups in total. The van der Waals surface area contributed by atoms with Gasteiger partial charge in [-0.3, -0.25) is 14.3 Å². The number of hydrogen-bond acceptors (Lipinski definition) is 5. The van der Waals surface area contributed by atoms with Gasteiger partial charge in [0.2, 0.25) is 0 Å². The van der Waals surface area contributed by atoms with Crippen molar-refractivity contribution < 1.29 is 14.9 Å². The summed E-state index contributed by atoms with van der Waals surface area (Å²) >= 11 is 0. The first-order valence-corrected chi connectivity index (χ1v) is 5.99. The molecule has 0 saturated carbocycles. The van der Waals surface area contributed by atoms with E-state index in [1.54, 1.807) is 19.1 Å². The molecule has 2 heterocycles. The molecule has 19 heavy (non-hydrogen) atoms. The van der Waals surface area contributed by atoms with Crippen molar-refractivity contribution >= 4 is 6.08 Å². The van der Waals surface area contributed by atoms with Gasteiger partial charge in [0, 0.05) is 12.6 Å². The maximum Gasteiger partial charge on any atom is 0.330 e. The number of hydrogen-bond donors (Lipinski definition) is 3. The lowest BCUT2D eigenvalue weighted by Gasteiger charge is -2.14. The minimum Gasteiger partial charge on any atom is -0.394 e. The fourth-order valence-corrected chi connectivity index (χ4v) is 2.06. The lowest BCUT2D eigenvalue weighted by Crippen LogP contribution is -2.33. The van der Waals surface area contributed by atoms with E-state index in [0.29, 0.717) is 5.56 Å². The number of H-pyrrole nitrogens is 1. The summed E-state index contributed by atoms with van der Waals surface area (Å²) in [6, 6.07) is 0. The Bertz CT molecular complexity index is 589. The van der Waals surface area contributed by atoms with Crippen molar-refractivity contribution in [3.63, 3.8) is 0 Å². The van der Waals surface area contributed by atoms with Crippen LogP contribution in [0.15, 0.2) is 21.9 Å². The van der Waals surface area contributed by atoms with Crippen LogP contribution in [-0.2, 0) is 4.74 Å². The zero-order valence-corrected chi connectivity index (χ0v) is 10.4. The van der Waals surface area contributed by atoms with Gasteiger partial charge in [0.15, 0.2) is 0 Å². The Hall–Kier alpha value is -1.70. The number of nitrogens with zero attached hydrogens (tertiary/aromatic N) is 1. The Kier molecular flexibility index (Phi) is 3.98. The maximum absolute atomic E-state index is 11.7. The SMILES string of the molecule is CC=Cc1cn([C@H]2C[C@@H](O)[C@@H](CO)O2)c(=O)[nH]c1=O. The predicted octanol–water partition coefficient (Wildman–Crippen LogP) is -0.790. The lowest BCUT2D eigenvalue weighted by molar-refractivity contribution is -0.0459. The van der Waals surface area contributed by atoms with Crippen LogP contribution in [0.4, 0.5) is 0 Å². The van der Waals surface area contributed by atoms with Crippen molar-refractivity contribution in [3.05, 3.63) is 38.7 Å². The standard InChI is InChI=1S/C12H16N2O5/c1-2-3-7-5-14(12(18)13-11(7)17)10-4-8(16)9(6-15)19-10/h2-3,5,8-10,15-16H,4,6H2,1H3,(H,13,17,18)/t8-,9-,10-/m1/s1. The zero-order valence-electron chi connectivity index (χ0n) is 10.4. The Balaban J connectivity index is 2.38. The van der Waals surface area contributed by atoms with Crippen LogP contribution in [0.2, 0.25) is 0 Å². The van der Waals surface area contributed by atoms with Crippen molar-refractivity contribution in [2.45, 2.75) is 31.8 Å². The number of rotatable bonds is 3. The molecule has 0 spiro atoms. The third kappa shape index (κ3) is 2.67. The molecule has 1 aromatic rings. The Morgan fingerprint density at radius 3 is 2.89 bits per heavy atom. The molecule has 2 rings (SSSR count). The number of aromatic nitrogens is 2. The minimum atomic E-state index is -0.834. The average Bonchev–Trinajstić information content (AvgIpc) is 2.74. The molecular formula is C12H16N2O5. The molecule has 0 radical (unpaired) electrons. The van der Waals surface area contributed by atoms with E-state index in [4.69, 9.17) is 9.84 Å². The Morgan fingerprint density at radius 1 is 1.58 bits per heavy atom.